The Hall–Kier alpha value is -2.28. The summed E-state index contributed by atoms with van der Waals surface area (Å²) in [6.07, 6.45) is 9.33. The van der Waals surface area contributed by atoms with Gasteiger partial charge < -0.3 is 20.7 Å². The monoisotopic (exact) mass is 443 g/mol. The number of carbonyl (C=O) groups excluding carboxylic acids is 1. The summed E-state index contributed by atoms with van der Waals surface area (Å²) in [6, 6.07) is 9.03. The first-order chi connectivity index (χ1) is 15.7. The first-order valence-electron chi connectivity index (χ1n) is 12.4. The molecule has 1 aromatic rings. The molecule has 7 heteroatoms. The second-order valence-electron chi connectivity index (χ2n) is 8.86. The smallest absolute Gasteiger partial charge is 0.257 e. The third-order valence-electron chi connectivity index (χ3n) is 6.29. The van der Waals surface area contributed by atoms with Gasteiger partial charge in [0.1, 0.15) is 5.75 Å². The number of carbonyl (C=O) groups is 1. The van der Waals surface area contributed by atoms with Crippen LogP contribution in [0, 0.1) is 0 Å². The number of piperidine rings is 1. The van der Waals surface area contributed by atoms with Gasteiger partial charge in [0.05, 0.1) is 6.54 Å². The maximum Gasteiger partial charge on any atom is 0.257 e. The Balaban J connectivity index is 1.54. The van der Waals surface area contributed by atoms with Crippen molar-refractivity contribution in [1.82, 2.24) is 20.9 Å². The molecule has 1 aromatic carbocycles. The number of hydrogen-bond acceptors (Lipinski definition) is 4. The van der Waals surface area contributed by atoms with Crippen molar-refractivity contribution in [2.45, 2.75) is 77.4 Å². The zero-order chi connectivity index (χ0) is 22.6. The van der Waals surface area contributed by atoms with Crippen LogP contribution >= 0.6 is 0 Å². The molecule has 2 fully saturated rings. The van der Waals surface area contributed by atoms with Crippen LogP contribution in [0.5, 0.6) is 5.75 Å². The van der Waals surface area contributed by atoms with Crippen molar-refractivity contribution in [2.75, 3.05) is 32.8 Å². The van der Waals surface area contributed by atoms with Crippen molar-refractivity contribution in [2.24, 2.45) is 4.99 Å². The maximum absolute atomic E-state index is 11.6. The van der Waals surface area contributed by atoms with Gasteiger partial charge in [-0.2, -0.15) is 0 Å². The lowest BCUT2D eigenvalue weighted by Crippen LogP contribution is -2.53. The largest absolute Gasteiger partial charge is 0.484 e. The van der Waals surface area contributed by atoms with E-state index in [1.807, 2.05) is 31.2 Å². The molecule has 0 bridgehead atoms. The fourth-order valence-corrected chi connectivity index (χ4v) is 4.72. The number of benzene rings is 1. The predicted octanol–water partition coefficient (Wildman–Crippen LogP) is 3.05. The molecule has 0 aromatic heterocycles. The number of likely N-dealkylation sites (tertiary alicyclic amines) is 1. The van der Waals surface area contributed by atoms with Gasteiger partial charge in [-0.3, -0.25) is 9.69 Å². The normalized spacial score (nSPS) is 20.6. The minimum Gasteiger partial charge on any atom is -0.484 e. The minimum absolute atomic E-state index is 0.0317. The number of ether oxygens (including phenoxy) is 1. The van der Waals surface area contributed by atoms with Crippen LogP contribution in [0.15, 0.2) is 29.3 Å². The standard InChI is InChI=1S/C25H41N5O2/c1-3-26-24(31)19-32-23-14-8-10-20(16-23)17-28-25(27-4-2)29-21-11-9-15-30(18-21)22-12-6-5-7-13-22/h8,10,14,16,21-22H,3-7,9,11-13,15,17-19H2,1-2H3,(H,26,31)(H2,27,28,29). The molecule has 0 radical (unpaired) electrons. The van der Waals surface area contributed by atoms with Gasteiger partial charge in [-0.05, 0) is 63.8 Å². The molecule has 1 amide bonds. The zero-order valence-corrected chi connectivity index (χ0v) is 19.9. The van der Waals surface area contributed by atoms with E-state index >= 15 is 0 Å². The summed E-state index contributed by atoms with van der Waals surface area (Å²) in [5.41, 5.74) is 1.06. The Morgan fingerprint density at radius 2 is 1.91 bits per heavy atom. The van der Waals surface area contributed by atoms with Crippen LogP contribution in [-0.2, 0) is 11.3 Å². The molecule has 1 aliphatic carbocycles. The van der Waals surface area contributed by atoms with E-state index < -0.39 is 0 Å². The van der Waals surface area contributed by atoms with Crippen LogP contribution in [0.4, 0.5) is 0 Å². The molecule has 32 heavy (non-hydrogen) atoms. The number of likely N-dealkylation sites (N-methyl/N-ethyl adjacent to an activating group) is 1. The topological polar surface area (TPSA) is 78.0 Å². The fraction of sp³-hybridized carbons (Fsp3) is 0.680. The number of aliphatic imine (C=N–C) groups is 1. The summed E-state index contributed by atoms with van der Waals surface area (Å²) in [5, 5.41) is 9.82. The highest BCUT2D eigenvalue weighted by atomic mass is 16.5. The van der Waals surface area contributed by atoms with Gasteiger partial charge in [-0.15, -0.1) is 0 Å². The van der Waals surface area contributed by atoms with Crippen LogP contribution in [0.25, 0.3) is 0 Å². The van der Waals surface area contributed by atoms with Crippen molar-refractivity contribution < 1.29 is 9.53 Å². The van der Waals surface area contributed by atoms with Gasteiger partial charge in [-0.1, -0.05) is 31.4 Å². The van der Waals surface area contributed by atoms with Crippen molar-refractivity contribution >= 4 is 11.9 Å². The highest BCUT2D eigenvalue weighted by Crippen LogP contribution is 2.25. The van der Waals surface area contributed by atoms with E-state index in [0.29, 0.717) is 24.9 Å². The summed E-state index contributed by atoms with van der Waals surface area (Å²) >= 11 is 0. The van der Waals surface area contributed by atoms with Gasteiger partial charge >= 0.3 is 0 Å². The maximum atomic E-state index is 11.6. The number of nitrogens with one attached hydrogen (secondary N) is 3. The molecule has 0 spiro atoms. The molecule has 1 saturated carbocycles. The van der Waals surface area contributed by atoms with Gasteiger partial charge in [-0.25, -0.2) is 4.99 Å². The Morgan fingerprint density at radius 1 is 1.09 bits per heavy atom. The van der Waals surface area contributed by atoms with E-state index in [0.717, 1.165) is 30.7 Å². The lowest BCUT2D eigenvalue weighted by atomic mass is 9.92. The number of nitrogens with zero attached hydrogens (tertiary/aromatic N) is 2. The molecule has 1 saturated heterocycles. The van der Waals surface area contributed by atoms with Crippen LogP contribution in [0.2, 0.25) is 0 Å². The molecular weight excluding hydrogens is 402 g/mol. The molecule has 178 valence electrons. The SMILES string of the molecule is CCNC(=O)COc1cccc(CN=C(NCC)NC2CCCN(C3CCCCC3)C2)c1. The number of guanidine groups is 1. The Labute approximate surface area is 193 Å². The summed E-state index contributed by atoms with van der Waals surface area (Å²) in [6.45, 7) is 8.38. The van der Waals surface area contributed by atoms with Crippen LogP contribution in [0.1, 0.15) is 64.4 Å². The van der Waals surface area contributed by atoms with Crippen LogP contribution in [0.3, 0.4) is 0 Å². The average Bonchev–Trinajstić information content (AvgIpc) is 2.83. The van der Waals surface area contributed by atoms with Crippen molar-refractivity contribution in [3.05, 3.63) is 29.8 Å². The first kappa shape index (κ1) is 24.4. The molecule has 1 atom stereocenters. The van der Waals surface area contributed by atoms with Crippen LogP contribution < -0.4 is 20.7 Å². The zero-order valence-electron chi connectivity index (χ0n) is 19.9. The number of rotatable bonds is 9. The van der Waals surface area contributed by atoms with Gasteiger partial charge in [0.25, 0.3) is 5.91 Å². The van der Waals surface area contributed by atoms with Gasteiger partial charge in [0, 0.05) is 31.7 Å². The summed E-state index contributed by atoms with van der Waals surface area (Å²) in [7, 11) is 0. The quantitative estimate of drug-likeness (QED) is 0.404. The highest BCUT2D eigenvalue weighted by Gasteiger charge is 2.27. The van der Waals surface area contributed by atoms with E-state index in [1.165, 1.54) is 51.5 Å². The Bertz CT molecular complexity index is 733. The lowest BCUT2D eigenvalue weighted by Gasteiger charge is -2.40. The molecule has 1 aliphatic heterocycles. The molecule has 1 heterocycles. The number of amides is 1. The Morgan fingerprint density at radius 3 is 2.69 bits per heavy atom. The predicted molar refractivity (Wildman–Crippen MR) is 130 cm³/mol. The van der Waals surface area contributed by atoms with Crippen LogP contribution in [-0.4, -0.2) is 61.6 Å². The Kier molecular flexibility index (Phi) is 10.1. The molecule has 3 N–H and O–H groups in total. The van der Waals surface area contributed by atoms with Crippen molar-refractivity contribution in [1.29, 1.82) is 0 Å². The second-order valence-corrected chi connectivity index (χ2v) is 8.86. The fourth-order valence-electron chi connectivity index (χ4n) is 4.72. The first-order valence-corrected chi connectivity index (χ1v) is 12.4. The molecule has 2 aliphatic rings. The van der Waals surface area contributed by atoms with Crippen molar-refractivity contribution in [3.8, 4) is 5.75 Å². The summed E-state index contributed by atoms with van der Waals surface area (Å²) < 4.78 is 5.61. The lowest BCUT2D eigenvalue weighted by molar-refractivity contribution is -0.122. The third-order valence-corrected chi connectivity index (χ3v) is 6.29. The van der Waals surface area contributed by atoms with E-state index in [9.17, 15) is 4.79 Å². The molecule has 7 nitrogen and oxygen atoms in total. The average molecular weight is 444 g/mol. The third kappa shape index (κ3) is 8.01. The second kappa shape index (κ2) is 13.3. The van der Waals surface area contributed by atoms with Crippen molar-refractivity contribution in [3.63, 3.8) is 0 Å². The molecular formula is C25H41N5O2. The van der Waals surface area contributed by atoms with E-state index in [1.54, 1.807) is 0 Å². The highest BCUT2D eigenvalue weighted by molar-refractivity contribution is 5.80. The van der Waals surface area contributed by atoms with E-state index in [-0.39, 0.29) is 12.5 Å². The summed E-state index contributed by atoms with van der Waals surface area (Å²) in [5.74, 6) is 1.46. The summed E-state index contributed by atoms with van der Waals surface area (Å²) in [4.78, 5) is 19.2. The van der Waals surface area contributed by atoms with Gasteiger partial charge in [0.15, 0.2) is 12.6 Å². The number of hydrogen-bond donors (Lipinski definition) is 3. The molecule has 1 unspecified atom stereocenters. The van der Waals surface area contributed by atoms with E-state index in [4.69, 9.17) is 9.73 Å². The molecule has 3 rings (SSSR count). The van der Waals surface area contributed by atoms with Gasteiger partial charge in [0.2, 0.25) is 0 Å². The minimum atomic E-state index is -0.107. The van der Waals surface area contributed by atoms with E-state index in [2.05, 4.69) is 27.8 Å².